The van der Waals surface area contributed by atoms with Crippen LogP contribution < -0.4 is 11.1 Å². The Labute approximate surface area is 105 Å². The second-order valence-electron chi connectivity index (χ2n) is 3.86. The zero-order valence-corrected chi connectivity index (χ0v) is 10.4. The van der Waals surface area contributed by atoms with E-state index < -0.39 is 0 Å². The minimum absolute atomic E-state index is 0.246. The van der Waals surface area contributed by atoms with E-state index in [0.717, 1.165) is 16.9 Å². The van der Waals surface area contributed by atoms with Crippen molar-refractivity contribution in [3.8, 4) is 0 Å². The number of nitrogens with one attached hydrogen (secondary N) is 1. The Morgan fingerprint density at radius 2 is 1.94 bits per heavy atom. The number of anilines is 3. The van der Waals surface area contributed by atoms with Gasteiger partial charge in [0.1, 0.15) is 5.82 Å². The summed E-state index contributed by atoms with van der Waals surface area (Å²) in [6.45, 7) is 3.85. The molecule has 2 aromatic rings. The normalized spacial score (nSPS) is 10.3. The Hall–Kier alpha value is -1.81. The fourth-order valence-electron chi connectivity index (χ4n) is 1.52. The first-order valence-electron chi connectivity index (χ1n) is 5.19. The van der Waals surface area contributed by atoms with Gasteiger partial charge in [-0.2, -0.15) is 4.98 Å². The molecule has 0 aliphatic carbocycles. The number of rotatable bonds is 2. The zero-order valence-electron chi connectivity index (χ0n) is 9.66. The highest BCUT2D eigenvalue weighted by molar-refractivity contribution is 6.33. The number of halogens is 1. The monoisotopic (exact) mass is 248 g/mol. The molecule has 4 nitrogen and oxygen atoms in total. The Morgan fingerprint density at radius 1 is 1.18 bits per heavy atom. The molecule has 17 heavy (non-hydrogen) atoms. The van der Waals surface area contributed by atoms with Gasteiger partial charge in [-0.1, -0.05) is 17.7 Å². The number of hydrogen-bond acceptors (Lipinski definition) is 4. The number of aromatic nitrogens is 2. The lowest BCUT2D eigenvalue weighted by Crippen LogP contribution is -2.01. The largest absolute Gasteiger partial charge is 0.368 e. The predicted molar refractivity (Wildman–Crippen MR) is 70.7 cm³/mol. The highest BCUT2D eigenvalue weighted by Gasteiger charge is 2.03. The third-order valence-electron chi connectivity index (χ3n) is 2.26. The summed E-state index contributed by atoms with van der Waals surface area (Å²) in [5.41, 5.74) is 8.30. The average molecular weight is 249 g/mol. The van der Waals surface area contributed by atoms with E-state index in [1.165, 1.54) is 0 Å². The van der Waals surface area contributed by atoms with Gasteiger partial charge in [0.25, 0.3) is 0 Å². The topological polar surface area (TPSA) is 63.8 Å². The van der Waals surface area contributed by atoms with Gasteiger partial charge in [0.05, 0.1) is 10.7 Å². The number of hydrogen-bond donors (Lipinski definition) is 2. The SMILES string of the molecule is Cc1ccc(Nc2cc(C)nc(N)n2)c(Cl)c1. The van der Waals surface area contributed by atoms with Gasteiger partial charge in [-0.3, -0.25) is 0 Å². The van der Waals surface area contributed by atoms with Crippen molar-refractivity contribution in [3.05, 3.63) is 40.5 Å². The van der Waals surface area contributed by atoms with E-state index in [4.69, 9.17) is 17.3 Å². The second kappa shape index (κ2) is 4.59. The van der Waals surface area contributed by atoms with Crippen molar-refractivity contribution in [2.24, 2.45) is 0 Å². The standard InChI is InChI=1S/C12H13ClN4/c1-7-3-4-10(9(13)5-7)16-11-6-8(2)15-12(14)17-11/h3-6H,1-2H3,(H3,14,15,16,17). The fraction of sp³-hybridized carbons (Fsp3) is 0.167. The van der Waals surface area contributed by atoms with E-state index in [2.05, 4.69) is 15.3 Å². The number of aryl methyl sites for hydroxylation is 2. The van der Waals surface area contributed by atoms with E-state index in [1.54, 1.807) is 0 Å². The van der Waals surface area contributed by atoms with Gasteiger partial charge in [0.15, 0.2) is 0 Å². The van der Waals surface area contributed by atoms with E-state index in [-0.39, 0.29) is 5.95 Å². The summed E-state index contributed by atoms with van der Waals surface area (Å²) in [7, 11) is 0. The highest BCUT2D eigenvalue weighted by Crippen LogP contribution is 2.25. The summed E-state index contributed by atoms with van der Waals surface area (Å²) >= 11 is 6.12. The minimum atomic E-state index is 0.246. The van der Waals surface area contributed by atoms with Crippen molar-refractivity contribution in [2.75, 3.05) is 11.1 Å². The lowest BCUT2D eigenvalue weighted by Gasteiger charge is -2.09. The van der Waals surface area contributed by atoms with Crippen molar-refractivity contribution in [1.29, 1.82) is 0 Å². The fourth-order valence-corrected chi connectivity index (χ4v) is 1.80. The van der Waals surface area contributed by atoms with Gasteiger partial charge in [-0.15, -0.1) is 0 Å². The van der Waals surface area contributed by atoms with Crippen LogP contribution in [0.2, 0.25) is 5.02 Å². The molecule has 0 fully saturated rings. The quantitative estimate of drug-likeness (QED) is 0.857. The van der Waals surface area contributed by atoms with Crippen molar-refractivity contribution in [2.45, 2.75) is 13.8 Å². The molecule has 1 heterocycles. The second-order valence-corrected chi connectivity index (χ2v) is 4.27. The van der Waals surface area contributed by atoms with Crippen molar-refractivity contribution in [3.63, 3.8) is 0 Å². The molecule has 1 aromatic carbocycles. The Bertz CT molecular complexity index is 534. The Balaban J connectivity index is 2.31. The van der Waals surface area contributed by atoms with Gasteiger partial charge in [0.2, 0.25) is 5.95 Å². The van der Waals surface area contributed by atoms with Crippen LogP contribution in [0.15, 0.2) is 24.3 Å². The lowest BCUT2D eigenvalue weighted by atomic mass is 10.2. The summed E-state index contributed by atoms with van der Waals surface area (Å²) in [4.78, 5) is 8.10. The van der Waals surface area contributed by atoms with E-state index >= 15 is 0 Å². The Morgan fingerprint density at radius 3 is 2.59 bits per heavy atom. The van der Waals surface area contributed by atoms with Crippen LogP contribution in [-0.2, 0) is 0 Å². The molecule has 0 aliphatic rings. The van der Waals surface area contributed by atoms with Gasteiger partial charge >= 0.3 is 0 Å². The predicted octanol–water partition coefficient (Wildman–Crippen LogP) is 3.07. The molecule has 0 amide bonds. The Kier molecular flexibility index (Phi) is 3.15. The minimum Gasteiger partial charge on any atom is -0.368 e. The summed E-state index contributed by atoms with van der Waals surface area (Å²) in [5, 5.41) is 3.77. The molecule has 0 unspecified atom stereocenters. The van der Waals surface area contributed by atoms with E-state index in [1.807, 2.05) is 38.1 Å². The molecule has 0 radical (unpaired) electrons. The van der Waals surface area contributed by atoms with Gasteiger partial charge in [0, 0.05) is 11.8 Å². The molecule has 0 saturated carbocycles. The molecule has 5 heteroatoms. The lowest BCUT2D eigenvalue weighted by molar-refractivity contribution is 1.12. The van der Waals surface area contributed by atoms with Crippen LogP contribution in [0.1, 0.15) is 11.3 Å². The summed E-state index contributed by atoms with van der Waals surface area (Å²) in [6.07, 6.45) is 0. The molecule has 88 valence electrons. The molecule has 1 aromatic heterocycles. The molecule has 0 spiro atoms. The van der Waals surface area contributed by atoms with Gasteiger partial charge < -0.3 is 11.1 Å². The average Bonchev–Trinajstić information content (AvgIpc) is 2.21. The van der Waals surface area contributed by atoms with Crippen LogP contribution in [-0.4, -0.2) is 9.97 Å². The van der Waals surface area contributed by atoms with Crippen molar-refractivity contribution < 1.29 is 0 Å². The van der Waals surface area contributed by atoms with Crippen LogP contribution in [0.5, 0.6) is 0 Å². The third kappa shape index (κ3) is 2.85. The van der Waals surface area contributed by atoms with Crippen molar-refractivity contribution in [1.82, 2.24) is 9.97 Å². The number of nitrogens with zero attached hydrogens (tertiary/aromatic N) is 2. The molecule has 2 rings (SSSR count). The first-order valence-corrected chi connectivity index (χ1v) is 5.57. The van der Waals surface area contributed by atoms with Crippen molar-refractivity contribution >= 4 is 29.1 Å². The van der Waals surface area contributed by atoms with Gasteiger partial charge in [-0.05, 0) is 31.5 Å². The summed E-state index contributed by atoms with van der Waals surface area (Å²) in [6, 6.07) is 7.59. The van der Waals surface area contributed by atoms with E-state index in [0.29, 0.717) is 10.8 Å². The number of nitrogen functional groups attached to an aromatic ring is 1. The summed E-state index contributed by atoms with van der Waals surface area (Å²) in [5.74, 6) is 0.886. The van der Waals surface area contributed by atoms with E-state index in [9.17, 15) is 0 Å². The molecule has 0 atom stereocenters. The van der Waals surface area contributed by atoms with Crippen LogP contribution in [0.3, 0.4) is 0 Å². The number of nitrogens with two attached hydrogens (primary N) is 1. The molecular weight excluding hydrogens is 236 g/mol. The van der Waals surface area contributed by atoms with Crippen LogP contribution in [0.4, 0.5) is 17.5 Å². The molecule has 0 bridgehead atoms. The maximum absolute atomic E-state index is 6.12. The first kappa shape index (κ1) is 11.7. The smallest absolute Gasteiger partial charge is 0.222 e. The highest BCUT2D eigenvalue weighted by atomic mass is 35.5. The number of benzene rings is 1. The maximum atomic E-state index is 6.12. The van der Waals surface area contributed by atoms with Crippen LogP contribution in [0.25, 0.3) is 0 Å². The zero-order chi connectivity index (χ0) is 12.4. The third-order valence-corrected chi connectivity index (χ3v) is 2.57. The maximum Gasteiger partial charge on any atom is 0.222 e. The molecule has 3 N–H and O–H groups in total. The molecular formula is C12H13ClN4. The van der Waals surface area contributed by atoms with Gasteiger partial charge in [-0.25, -0.2) is 4.98 Å². The first-order chi connectivity index (χ1) is 8.04. The van der Waals surface area contributed by atoms with Crippen LogP contribution >= 0.6 is 11.6 Å². The molecule has 0 aliphatic heterocycles. The molecule has 0 saturated heterocycles. The summed E-state index contributed by atoms with van der Waals surface area (Å²) < 4.78 is 0. The van der Waals surface area contributed by atoms with Crippen LogP contribution in [0, 0.1) is 13.8 Å².